The number of allylic oxidation sites excluding steroid dienone is 3. The van der Waals surface area contributed by atoms with Crippen molar-refractivity contribution in [2.75, 3.05) is 4.90 Å². The van der Waals surface area contributed by atoms with Crippen LogP contribution >= 0.6 is 23.1 Å². The first-order valence-electron chi connectivity index (χ1n) is 11.5. The van der Waals surface area contributed by atoms with Crippen LogP contribution in [0, 0.1) is 22.6 Å². The molecule has 182 valence electrons. The Morgan fingerprint density at radius 2 is 1.89 bits per heavy atom. The van der Waals surface area contributed by atoms with Gasteiger partial charge in [-0.05, 0) is 23.5 Å². The third kappa shape index (κ3) is 4.43. The molecule has 0 spiro atoms. The monoisotopic (exact) mass is 517 g/mol. The molecular weight excluding hydrogens is 493 g/mol. The van der Waals surface area contributed by atoms with Crippen molar-refractivity contribution >= 4 is 34.0 Å². The standard InChI is InChI=1S/C27H24FN5OS2/c1-27(2)12-20-23(21(34)13-27)22(17-10-6-7-11-19(17)28)18(14-29)24(30)33(20)25-31-32-26(36-25)35-15-16-8-4-3-5-9-16/h3-11,22H,12-13,15,30H2,1-2H3. The van der Waals surface area contributed by atoms with Gasteiger partial charge in [-0.3, -0.25) is 9.69 Å². The van der Waals surface area contributed by atoms with E-state index in [-0.39, 0.29) is 28.2 Å². The normalized spacial score (nSPS) is 19.3. The number of halogens is 1. The van der Waals surface area contributed by atoms with E-state index >= 15 is 0 Å². The topological polar surface area (TPSA) is 95.9 Å². The lowest BCUT2D eigenvalue weighted by atomic mass is 9.68. The summed E-state index contributed by atoms with van der Waals surface area (Å²) in [5, 5.41) is 19.3. The van der Waals surface area contributed by atoms with Crippen LogP contribution in [-0.2, 0) is 10.5 Å². The molecule has 2 N–H and O–H groups in total. The van der Waals surface area contributed by atoms with Crippen molar-refractivity contribution in [3.05, 3.63) is 94.2 Å². The molecular formula is C27H24FN5OS2. The first-order chi connectivity index (χ1) is 17.3. The van der Waals surface area contributed by atoms with E-state index in [0.29, 0.717) is 29.2 Å². The Bertz CT molecular complexity index is 1440. The maximum absolute atomic E-state index is 15.0. The highest BCUT2D eigenvalue weighted by atomic mass is 32.2. The van der Waals surface area contributed by atoms with Crippen LogP contribution in [0.4, 0.5) is 9.52 Å². The largest absolute Gasteiger partial charge is 0.384 e. The zero-order valence-corrected chi connectivity index (χ0v) is 21.5. The van der Waals surface area contributed by atoms with Crippen molar-refractivity contribution in [1.29, 1.82) is 5.26 Å². The highest BCUT2D eigenvalue weighted by molar-refractivity contribution is 8.00. The SMILES string of the molecule is CC1(C)CC(=O)C2=C(C1)N(c1nnc(SCc3ccccc3)s1)C(N)=C(C#N)C2c1ccccc1F. The van der Waals surface area contributed by atoms with Gasteiger partial charge in [0.15, 0.2) is 10.1 Å². The number of ketones is 1. The van der Waals surface area contributed by atoms with Gasteiger partial charge in [-0.2, -0.15) is 5.26 Å². The molecule has 3 aromatic rings. The molecule has 9 heteroatoms. The minimum atomic E-state index is -0.856. The van der Waals surface area contributed by atoms with E-state index in [2.05, 4.69) is 28.4 Å². The zero-order valence-electron chi connectivity index (χ0n) is 19.9. The number of nitrogens with two attached hydrogens (primary N) is 1. The smallest absolute Gasteiger partial charge is 0.219 e. The second kappa shape index (κ2) is 9.52. The Hall–Kier alpha value is -3.48. The molecule has 1 aromatic heterocycles. The number of carbonyl (C=O) groups is 1. The van der Waals surface area contributed by atoms with Gasteiger partial charge in [-0.25, -0.2) is 4.39 Å². The fourth-order valence-corrected chi connectivity index (χ4v) is 6.65. The second-order valence-electron chi connectivity index (χ2n) is 9.63. The van der Waals surface area contributed by atoms with Crippen LogP contribution in [0.5, 0.6) is 0 Å². The van der Waals surface area contributed by atoms with E-state index in [1.165, 1.54) is 23.0 Å². The lowest BCUT2D eigenvalue weighted by molar-refractivity contribution is -0.118. The number of thioether (sulfide) groups is 1. The zero-order chi connectivity index (χ0) is 25.4. The quantitative estimate of drug-likeness (QED) is 0.420. The van der Waals surface area contributed by atoms with Gasteiger partial charge in [-0.1, -0.05) is 85.5 Å². The molecule has 1 aliphatic heterocycles. The lowest BCUT2D eigenvalue weighted by Crippen LogP contribution is -2.42. The van der Waals surface area contributed by atoms with Crippen LogP contribution in [0.3, 0.4) is 0 Å². The minimum absolute atomic E-state index is 0.108. The van der Waals surface area contributed by atoms with Crippen LogP contribution in [0.15, 0.2) is 81.6 Å². The molecule has 2 aromatic carbocycles. The number of nitrogens with zero attached hydrogens (tertiary/aromatic N) is 4. The Morgan fingerprint density at radius 1 is 1.17 bits per heavy atom. The predicted molar refractivity (Wildman–Crippen MR) is 139 cm³/mol. The number of carbonyl (C=O) groups excluding carboxylic acids is 1. The maximum atomic E-state index is 15.0. The first-order valence-corrected chi connectivity index (χ1v) is 13.3. The predicted octanol–water partition coefficient (Wildman–Crippen LogP) is 5.91. The minimum Gasteiger partial charge on any atom is -0.384 e. The van der Waals surface area contributed by atoms with Crippen molar-refractivity contribution in [2.45, 2.75) is 42.7 Å². The number of anilines is 1. The molecule has 6 nitrogen and oxygen atoms in total. The third-order valence-corrected chi connectivity index (χ3v) is 8.50. The number of Topliss-reactive ketones (excluding diaryl/α,β-unsaturated/α-hetero) is 1. The van der Waals surface area contributed by atoms with Crippen molar-refractivity contribution in [1.82, 2.24) is 10.2 Å². The van der Waals surface area contributed by atoms with E-state index < -0.39 is 11.7 Å². The van der Waals surface area contributed by atoms with Gasteiger partial charge < -0.3 is 5.73 Å². The Kier molecular flexibility index (Phi) is 6.41. The van der Waals surface area contributed by atoms with Gasteiger partial charge in [0.25, 0.3) is 0 Å². The third-order valence-electron chi connectivity index (χ3n) is 6.39. The lowest BCUT2D eigenvalue weighted by Gasteiger charge is -2.42. The van der Waals surface area contributed by atoms with Crippen LogP contribution in [0.2, 0.25) is 0 Å². The summed E-state index contributed by atoms with van der Waals surface area (Å²) in [6.07, 6.45) is 0.835. The average molecular weight is 518 g/mol. The Labute approximate surface area is 217 Å². The van der Waals surface area contributed by atoms with Crippen LogP contribution in [0.1, 0.15) is 43.7 Å². The van der Waals surface area contributed by atoms with Gasteiger partial charge >= 0.3 is 0 Å². The number of hydrogen-bond acceptors (Lipinski definition) is 8. The van der Waals surface area contributed by atoms with Crippen LogP contribution in [0.25, 0.3) is 0 Å². The number of aromatic nitrogens is 2. The molecule has 0 bridgehead atoms. The first kappa shape index (κ1) is 24.2. The van der Waals surface area contributed by atoms with Gasteiger partial charge in [0.1, 0.15) is 11.6 Å². The highest BCUT2D eigenvalue weighted by Gasteiger charge is 2.46. The summed E-state index contributed by atoms with van der Waals surface area (Å²) in [6.45, 7) is 4.04. The highest BCUT2D eigenvalue weighted by Crippen LogP contribution is 2.51. The summed E-state index contributed by atoms with van der Waals surface area (Å²) in [5.74, 6) is -0.546. The maximum Gasteiger partial charge on any atom is 0.219 e. The Balaban J connectivity index is 1.59. The molecule has 0 saturated heterocycles. The van der Waals surface area contributed by atoms with E-state index in [0.717, 1.165) is 10.1 Å². The fourth-order valence-electron chi connectivity index (χ4n) is 4.82. The summed E-state index contributed by atoms with van der Waals surface area (Å²) in [7, 11) is 0. The summed E-state index contributed by atoms with van der Waals surface area (Å²) in [6, 6.07) is 18.5. The number of hydrogen-bond donors (Lipinski definition) is 1. The number of rotatable bonds is 5. The van der Waals surface area contributed by atoms with E-state index in [1.54, 1.807) is 34.9 Å². The molecule has 1 atom stereocenters. The van der Waals surface area contributed by atoms with Crippen LogP contribution in [-0.4, -0.2) is 16.0 Å². The molecule has 36 heavy (non-hydrogen) atoms. The molecule has 2 heterocycles. The molecule has 1 aliphatic carbocycles. The molecule has 1 unspecified atom stereocenters. The Morgan fingerprint density at radius 3 is 2.61 bits per heavy atom. The molecule has 2 aliphatic rings. The van der Waals surface area contributed by atoms with Crippen molar-refractivity contribution in [2.24, 2.45) is 11.1 Å². The van der Waals surface area contributed by atoms with Gasteiger partial charge in [0.2, 0.25) is 5.13 Å². The molecule has 0 saturated carbocycles. The van der Waals surface area contributed by atoms with Crippen molar-refractivity contribution in [3.8, 4) is 6.07 Å². The van der Waals surface area contributed by atoms with Gasteiger partial charge in [0.05, 0.1) is 17.6 Å². The van der Waals surface area contributed by atoms with Crippen LogP contribution < -0.4 is 10.6 Å². The summed E-state index contributed by atoms with van der Waals surface area (Å²) < 4.78 is 15.7. The van der Waals surface area contributed by atoms with Crippen molar-refractivity contribution < 1.29 is 9.18 Å². The summed E-state index contributed by atoms with van der Waals surface area (Å²) >= 11 is 2.91. The van der Waals surface area contributed by atoms with E-state index in [4.69, 9.17) is 5.73 Å². The molecule has 0 radical (unpaired) electrons. The fraction of sp³-hybridized carbons (Fsp3) is 0.259. The van der Waals surface area contributed by atoms with Crippen molar-refractivity contribution in [3.63, 3.8) is 0 Å². The summed E-state index contributed by atoms with van der Waals surface area (Å²) in [5.41, 5.74) is 8.94. The molecule has 0 fully saturated rings. The number of nitriles is 1. The average Bonchev–Trinajstić information content (AvgIpc) is 3.31. The number of benzene rings is 2. The van der Waals surface area contributed by atoms with Gasteiger partial charge in [0, 0.05) is 29.0 Å². The summed E-state index contributed by atoms with van der Waals surface area (Å²) in [4.78, 5) is 15.2. The van der Waals surface area contributed by atoms with E-state index in [9.17, 15) is 14.4 Å². The molecule has 0 amide bonds. The second-order valence-corrected chi connectivity index (χ2v) is 11.8. The van der Waals surface area contributed by atoms with E-state index in [1.807, 2.05) is 32.0 Å². The van der Waals surface area contributed by atoms with Gasteiger partial charge in [-0.15, -0.1) is 10.2 Å². The molecule has 5 rings (SSSR count).